The molecule has 0 amide bonds. The van der Waals surface area contributed by atoms with Gasteiger partial charge in [0.05, 0.1) is 25.5 Å². The first kappa shape index (κ1) is 13.9. The van der Waals surface area contributed by atoms with Crippen LogP contribution in [0.4, 0.5) is 5.82 Å². The molecule has 0 radical (unpaired) electrons. The second kappa shape index (κ2) is 5.82. The van der Waals surface area contributed by atoms with Crippen LogP contribution in [0.25, 0.3) is 0 Å². The van der Waals surface area contributed by atoms with Crippen molar-refractivity contribution in [3.63, 3.8) is 0 Å². The maximum Gasteiger partial charge on any atom is 0.129 e. The maximum absolute atomic E-state index is 5.41. The van der Waals surface area contributed by atoms with E-state index in [1.165, 1.54) is 11.1 Å². The van der Waals surface area contributed by atoms with Crippen LogP contribution in [-0.4, -0.2) is 37.0 Å². The summed E-state index contributed by atoms with van der Waals surface area (Å²) in [6.07, 6.45) is 1.87. The van der Waals surface area contributed by atoms with Gasteiger partial charge in [-0.05, 0) is 23.8 Å². The average Bonchev–Trinajstić information content (AvgIpc) is 3.01. The first-order valence-electron chi connectivity index (χ1n) is 7.44. The molecule has 0 saturated carbocycles. The Labute approximate surface area is 138 Å². The van der Waals surface area contributed by atoms with E-state index < -0.39 is 0 Å². The zero-order chi connectivity index (χ0) is 14.9. The van der Waals surface area contributed by atoms with Crippen LogP contribution in [0.3, 0.4) is 0 Å². The minimum absolute atomic E-state index is 0.737. The van der Waals surface area contributed by atoms with E-state index in [2.05, 4.69) is 50.1 Å². The summed E-state index contributed by atoms with van der Waals surface area (Å²) in [6.45, 7) is 4.06. The Balaban J connectivity index is 1.69. The molecule has 4 nitrogen and oxygen atoms in total. The number of aromatic nitrogens is 1. The third-order valence-electron chi connectivity index (χ3n) is 4.12. The van der Waals surface area contributed by atoms with Crippen LogP contribution in [0.1, 0.15) is 16.7 Å². The Hall–Kier alpha value is -1.72. The summed E-state index contributed by atoms with van der Waals surface area (Å²) in [5.74, 6) is 1.01. The summed E-state index contributed by atoms with van der Waals surface area (Å²) in [5.41, 5.74) is 4.68. The lowest BCUT2D eigenvalue weighted by Crippen LogP contribution is -2.36. The highest BCUT2D eigenvalue weighted by molar-refractivity contribution is 9.10. The summed E-state index contributed by atoms with van der Waals surface area (Å²) in [7, 11) is 0. The van der Waals surface area contributed by atoms with E-state index in [0.717, 1.165) is 54.4 Å². The van der Waals surface area contributed by atoms with Crippen LogP contribution in [0, 0.1) is 0 Å². The molecule has 3 heterocycles. The van der Waals surface area contributed by atoms with Crippen LogP contribution >= 0.6 is 15.9 Å². The maximum atomic E-state index is 5.41. The molecule has 1 fully saturated rings. The van der Waals surface area contributed by atoms with Crippen molar-refractivity contribution in [1.82, 2.24) is 4.98 Å². The third kappa shape index (κ3) is 2.44. The SMILES string of the molecule is Brc1cccc2c1CN=C2c1ccnc(N2CCOCC2)c1. The van der Waals surface area contributed by atoms with Crippen molar-refractivity contribution in [2.24, 2.45) is 4.99 Å². The van der Waals surface area contributed by atoms with Crippen molar-refractivity contribution in [2.75, 3.05) is 31.2 Å². The normalized spacial score (nSPS) is 17.3. The summed E-state index contributed by atoms with van der Waals surface area (Å²) in [6, 6.07) is 10.5. The molecule has 0 atom stereocenters. The molecule has 0 aliphatic carbocycles. The fourth-order valence-corrected chi connectivity index (χ4v) is 3.45. The summed E-state index contributed by atoms with van der Waals surface area (Å²) in [4.78, 5) is 11.5. The van der Waals surface area contributed by atoms with Gasteiger partial charge < -0.3 is 9.64 Å². The minimum Gasteiger partial charge on any atom is -0.378 e. The molecule has 22 heavy (non-hydrogen) atoms. The van der Waals surface area contributed by atoms with Gasteiger partial charge in [0.1, 0.15) is 5.82 Å². The van der Waals surface area contributed by atoms with Gasteiger partial charge in [-0.25, -0.2) is 4.98 Å². The molecule has 1 saturated heterocycles. The van der Waals surface area contributed by atoms with Gasteiger partial charge in [-0.15, -0.1) is 0 Å². The third-order valence-corrected chi connectivity index (χ3v) is 4.87. The van der Waals surface area contributed by atoms with Gasteiger partial charge in [0, 0.05) is 34.9 Å². The number of ether oxygens (including phenoxy) is 1. The second-order valence-corrected chi connectivity index (χ2v) is 6.29. The summed E-state index contributed by atoms with van der Waals surface area (Å²) >= 11 is 3.62. The molecular formula is C17H16BrN3O. The number of hydrogen-bond donors (Lipinski definition) is 0. The van der Waals surface area contributed by atoms with E-state index in [9.17, 15) is 0 Å². The Morgan fingerprint density at radius 3 is 2.86 bits per heavy atom. The lowest BCUT2D eigenvalue weighted by atomic mass is 10.0. The largest absolute Gasteiger partial charge is 0.378 e. The number of fused-ring (bicyclic) bond motifs is 1. The fraction of sp³-hybridized carbons (Fsp3) is 0.294. The Kier molecular flexibility index (Phi) is 3.68. The second-order valence-electron chi connectivity index (χ2n) is 5.43. The molecule has 0 spiro atoms. The average molecular weight is 358 g/mol. The van der Waals surface area contributed by atoms with Gasteiger partial charge in [0.15, 0.2) is 0 Å². The van der Waals surface area contributed by atoms with E-state index in [4.69, 9.17) is 9.73 Å². The first-order valence-corrected chi connectivity index (χ1v) is 8.23. The highest BCUT2D eigenvalue weighted by Crippen LogP contribution is 2.29. The lowest BCUT2D eigenvalue weighted by molar-refractivity contribution is 0.122. The van der Waals surface area contributed by atoms with Crippen LogP contribution in [0.2, 0.25) is 0 Å². The molecule has 1 aromatic heterocycles. The van der Waals surface area contributed by atoms with Crippen molar-refractivity contribution in [3.8, 4) is 0 Å². The standard InChI is InChI=1S/C17H16BrN3O/c18-15-3-1-2-13-14(15)11-20-17(13)12-4-5-19-16(10-12)21-6-8-22-9-7-21/h1-5,10H,6-9,11H2. The molecule has 0 bridgehead atoms. The van der Waals surface area contributed by atoms with Crippen molar-refractivity contribution in [3.05, 3.63) is 57.7 Å². The van der Waals surface area contributed by atoms with E-state index in [0.29, 0.717) is 0 Å². The van der Waals surface area contributed by atoms with Crippen LogP contribution < -0.4 is 4.90 Å². The molecule has 2 aliphatic rings. The number of pyridine rings is 1. The summed E-state index contributed by atoms with van der Waals surface area (Å²) in [5, 5.41) is 0. The number of rotatable bonds is 2. The van der Waals surface area contributed by atoms with E-state index in [-0.39, 0.29) is 0 Å². The number of hydrogen-bond acceptors (Lipinski definition) is 4. The smallest absolute Gasteiger partial charge is 0.129 e. The quantitative estimate of drug-likeness (QED) is 0.828. The molecule has 2 aromatic rings. The predicted molar refractivity (Wildman–Crippen MR) is 90.8 cm³/mol. The van der Waals surface area contributed by atoms with Crippen LogP contribution in [-0.2, 0) is 11.3 Å². The Morgan fingerprint density at radius 2 is 2.00 bits per heavy atom. The summed E-state index contributed by atoms with van der Waals surface area (Å²) < 4.78 is 6.54. The Bertz CT molecular complexity index is 738. The first-order chi connectivity index (χ1) is 10.8. The van der Waals surface area contributed by atoms with Gasteiger partial charge in [-0.3, -0.25) is 4.99 Å². The number of benzene rings is 1. The molecule has 1 aromatic carbocycles. The molecule has 4 rings (SSSR count). The number of halogens is 1. The molecular weight excluding hydrogens is 342 g/mol. The molecule has 112 valence electrons. The molecule has 0 N–H and O–H groups in total. The molecule has 0 unspecified atom stereocenters. The minimum atomic E-state index is 0.737. The van der Waals surface area contributed by atoms with Crippen molar-refractivity contribution in [1.29, 1.82) is 0 Å². The van der Waals surface area contributed by atoms with E-state index >= 15 is 0 Å². The topological polar surface area (TPSA) is 37.7 Å². The van der Waals surface area contributed by atoms with E-state index in [1.807, 2.05) is 12.3 Å². The number of aliphatic imine (C=N–C) groups is 1. The molecule has 2 aliphatic heterocycles. The van der Waals surface area contributed by atoms with Gasteiger partial charge in [-0.2, -0.15) is 0 Å². The molecule has 5 heteroatoms. The monoisotopic (exact) mass is 357 g/mol. The lowest BCUT2D eigenvalue weighted by Gasteiger charge is -2.28. The van der Waals surface area contributed by atoms with Gasteiger partial charge >= 0.3 is 0 Å². The fourth-order valence-electron chi connectivity index (χ4n) is 2.96. The zero-order valence-corrected chi connectivity index (χ0v) is 13.7. The van der Waals surface area contributed by atoms with Crippen molar-refractivity contribution in [2.45, 2.75) is 6.54 Å². The van der Waals surface area contributed by atoms with Gasteiger partial charge in [0.2, 0.25) is 0 Å². The highest BCUT2D eigenvalue weighted by atomic mass is 79.9. The van der Waals surface area contributed by atoms with Crippen LogP contribution in [0.5, 0.6) is 0 Å². The van der Waals surface area contributed by atoms with Crippen LogP contribution in [0.15, 0.2) is 46.0 Å². The zero-order valence-electron chi connectivity index (χ0n) is 12.1. The highest BCUT2D eigenvalue weighted by Gasteiger charge is 2.20. The van der Waals surface area contributed by atoms with Crippen molar-refractivity contribution >= 4 is 27.5 Å². The number of nitrogens with zero attached hydrogens (tertiary/aromatic N) is 3. The Morgan fingerprint density at radius 1 is 1.14 bits per heavy atom. The number of anilines is 1. The number of morpholine rings is 1. The van der Waals surface area contributed by atoms with Gasteiger partial charge in [-0.1, -0.05) is 28.1 Å². The van der Waals surface area contributed by atoms with Crippen molar-refractivity contribution < 1.29 is 4.74 Å². The van der Waals surface area contributed by atoms with E-state index in [1.54, 1.807) is 0 Å². The predicted octanol–water partition coefficient (Wildman–Crippen LogP) is 3.03. The van der Waals surface area contributed by atoms with Gasteiger partial charge in [0.25, 0.3) is 0 Å².